The van der Waals surface area contributed by atoms with Gasteiger partial charge < -0.3 is 9.64 Å². The van der Waals surface area contributed by atoms with E-state index in [2.05, 4.69) is 27.0 Å². The average molecular weight is 346 g/mol. The molecule has 8 heteroatoms. The van der Waals surface area contributed by atoms with Gasteiger partial charge in [0.15, 0.2) is 0 Å². The van der Waals surface area contributed by atoms with Crippen molar-refractivity contribution in [2.45, 2.75) is 23.0 Å². The van der Waals surface area contributed by atoms with Crippen molar-refractivity contribution in [1.29, 1.82) is 0 Å². The fourth-order valence-corrected chi connectivity index (χ4v) is 3.72. The minimum Gasteiger partial charge on any atom is -0.497 e. The molecule has 24 heavy (non-hydrogen) atoms. The Kier molecular flexibility index (Phi) is 5.14. The van der Waals surface area contributed by atoms with Gasteiger partial charge in [0.1, 0.15) is 18.1 Å². The van der Waals surface area contributed by atoms with E-state index in [4.69, 9.17) is 4.74 Å². The Hall–Kier alpha value is -2.35. The Morgan fingerprint density at radius 1 is 1.21 bits per heavy atom. The highest BCUT2D eigenvalue weighted by Gasteiger charge is 2.22. The number of methoxy groups -OCH3 is 1. The summed E-state index contributed by atoms with van der Waals surface area (Å²) in [5.74, 6) is 1.43. The van der Waals surface area contributed by atoms with Gasteiger partial charge in [-0.1, -0.05) is 0 Å². The number of anilines is 1. The third kappa shape index (κ3) is 3.94. The lowest BCUT2D eigenvalue weighted by Crippen LogP contribution is -2.35. The topological polar surface area (TPSA) is 81.4 Å². The molecule has 0 amide bonds. The van der Waals surface area contributed by atoms with E-state index in [0.29, 0.717) is 11.2 Å². The van der Waals surface area contributed by atoms with E-state index in [9.17, 15) is 10.1 Å². The number of aromatic nitrogens is 2. The zero-order valence-electron chi connectivity index (χ0n) is 13.3. The van der Waals surface area contributed by atoms with Crippen LogP contribution in [0.5, 0.6) is 5.75 Å². The van der Waals surface area contributed by atoms with Gasteiger partial charge in [-0.25, -0.2) is 9.97 Å². The van der Waals surface area contributed by atoms with Gasteiger partial charge in [0.05, 0.1) is 12.0 Å². The van der Waals surface area contributed by atoms with Crippen LogP contribution < -0.4 is 9.64 Å². The summed E-state index contributed by atoms with van der Waals surface area (Å²) >= 11 is 1.87. The lowest BCUT2D eigenvalue weighted by Gasteiger charge is -2.31. The molecule has 3 rings (SSSR count). The number of hydrogen-bond acceptors (Lipinski definition) is 7. The van der Waals surface area contributed by atoms with Crippen LogP contribution in [0.4, 0.5) is 11.6 Å². The number of thioether (sulfide) groups is 1. The van der Waals surface area contributed by atoms with Gasteiger partial charge in [-0.05, 0) is 37.1 Å². The summed E-state index contributed by atoms with van der Waals surface area (Å²) in [5.41, 5.74) is -0.0799. The second-order valence-electron chi connectivity index (χ2n) is 5.48. The van der Waals surface area contributed by atoms with Crippen LogP contribution in [0.25, 0.3) is 0 Å². The molecule has 0 atom stereocenters. The number of piperidine rings is 1. The Bertz CT molecular complexity index is 685. The van der Waals surface area contributed by atoms with Gasteiger partial charge in [-0.3, -0.25) is 10.1 Å². The highest BCUT2D eigenvalue weighted by molar-refractivity contribution is 8.00. The predicted molar refractivity (Wildman–Crippen MR) is 92.8 cm³/mol. The van der Waals surface area contributed by atoms with Crippen molar-refractivity contribution in [1.82, 2.24) is 9.97 Å². The predicted octanol–water partition coefficient (Wildman–Crippen LogP) is 3.15. The van der Waals surface area contributed by atoms with Gasteiger partial charge in [-0.2, -0.15) is 0 Å². The van der Waals surface area contributed by atoms with E-state index in [1.54, 1.807) is 7.11 Å². The summed E-state index contributed by atoms with van der Waals surface area (Å²) in [6, 6.07) is 8.11. The molecule has 0 unspecified atom stereocenters. The summed E-state index contributed by atoms with van der Waals surface area (Å²) in [4.78, 5) is 21.7. The van der Waals surface area contributed by atoms with Crippen LogP contribution in [0.3, 0.4) is 0 Å². The van der Waals surface area contributed by atoms with Crippen molar-refractivity contribution in [2.75, 3.05) is 25.1 Å². The van der Waals surface area contributed by atoms with E-state index in [1.807, 2.05) is 23.9 Å². The average Bonchev–Trinajstić information content (AvgIpc) is 2.63. The largest absolute Gasteiger partial charge is 0.497 e. The fourth-order valence-electron chi connectivity index (χ4n) is 2.59. The molecular weight excluding hydrogens is 328 g/mol. The maximum absolute atomic E-state index is 10.6. The first-order chi connectivity index (χ1) is 11.7. The summed E-state index contributed by atoms with van der Waals surface area (Å²) in [5, 5.41) is 11.2. The molecule has 1 aliphatic heterocycles. The fraction of sp³-hybridized carbons (Fsp3) is 0.375. The molecule has 0 N–H and O–H groups in total. The highest BCUT2D eigenvalue weighted by Crippen LogP contribution is 2.32. The number of hydrogen-bond donors (Lipinski definition) is 0. The lowest BCUT2D eigenvalue weighted by molar-refractivity contribution is -0.385. The van der Waals surface area contributed by atoms with Gasteiger partial charge in [0.25, 0.3) is 0 Å². The number of rotatable bonds is 5. The summed E-state index contributed by atoms with van der Waals surface area (Å²) in [6.07, 6.45) is 4.58. The third-order valence-corrected chi connectivity index (χ3v) is 5.27. The molecule has 1 saturated heterocycles. The number of ether oxygens (including phenoxy) is 1. The third-order valence-electron chi connectivity index (χ3n) is 3.92. The van der Waals surface area contributed by atoms with Crippen LogP contribution in [0.2, 0.25) is 0 Å². The van der Waals surface area contributed by atoms with Crippen molar-refractivity contribution in [2.24, 2.45) is 0 Å². The molecule has 126 valence electrons. The van der Waals surface area contributed by atoms with Crippen molar-refractivity contribution in [3.05, 3.63) is 46.8 Å². The summed E-state index contributed by atoms with van der Waals surface area (Å²) in [7, 11) is 1.66. The molecule has 0 radical (unpaired) electrons. The minimum atomic E-state index is -0.485. The van der Waals surface area contributed by atoms with E-state index >= 15 is 0 Å². The molecule has 1 fully saturated rings. The normalized spacial score (nSPS) is 15.3. The van der Waals surface area contributed by atoms with E-state index in [1.165, 1.54) is 17.3 Å². The Morgan fingerprint density at radius 3 is 2.38 bits per heavy atom. The minimum absolute atomic E-state index is 0.0799. The van der Waals surface area contributed by atoms with Gasteiger partial charge >= 0.3 is 5.69 Å². The first-order valence-electron chi connectivity index (χ1n) is 7.68. The molecule has 0 saturated carbocycles. The number of nitrogens with zero attached hydrogens (tertiary/aromatic N) is 4. The van der Waals surface area contributed by atoms with Crippen LogP contribution in [-0.4, -0.2) is 40.3 Å². The zero-order chi connectivity index (χ0) is 16.9. The van der Waals surface area contributed by atoms with Crippen LogP contribution in [0.1, 0.15) is 12.8 Å². The van der Waals surface area contributed by atoms with Crippen molar-refractivity contribution >= 4 is 23.4 Å². The van der Waals surface area contributed by atoms with Crippen molar-refractivity contribution < 1.29 is 9.66 Å². The van der Waals surface area contributed by atoms with E-state index < -0.39 is 4.92 Å². The standard InChI is InChI=1S/C16H18N4O3S/c1-23-13-2-4-14(5-3-13)24-15-6-8-19(9-7-15)16-17-10-12(11-18-16)20(21)22/h2-5,10-11,15H,6-9H2,1H3. The first kappa shape index (κ1) is 16.5. The van der Waals surface area contributed by atoms with Gasteiger partial charge in [0, 0.05) is 23.2 Å². The van der Waals surface area contributed by atoms with Crippen LogP contribution in [0.15, 0.2) is 41.6 Å². The quantitative estimate of drug-likeness (QED) is 0.607. The zero-order valence-corrected chi connectivity index (χ0v) is 14.1. The second-order valence-corrected chi connectivity index (χ2v) is 6.85. The molecule has 0 spiro atoms. The van der Waals surface area contributed by atoms with Gasteiger partial charge in [-0.15, -0.1) is 11.8 Å². The second kappa shape index (κ2) is 7.48. The molecule has 2 aromatic rings. The smallest absolute Gasteiger partial charge is 0.305 e. The maximum atomic E-state index is 10.6. The Morgan fingerprint density at radius 2 is 1.83 bits per heavy atom. The summed E-state index contributed by atoms with van der Waals surface area (Å²) < 4.78 is 5.17. The lowest BCUT2D eigenvalue weighted by atomic mass is 10.1. The van der Waals surface area contributed by atoms with Gasteiger partial charge in [0.2, 0.25) is 5.95 Å². The van der Waals surface area contributed by atoms with Crippen molar-refractivity contribution in [3.63, 3.8) is 0 Å². The molecule has 1 aromatic carbocycles. The van der Waals surface area contributed by atoms with Crippen LogP contribution in [0, 0.1) is 10.1 Å². The van der Waals surface area contributed by atoms with Crippen LogP contribution in [-0.2, 0) is 0 Å². The first-order valence-corrected chi connectivity index (χ1v) is 8.56. The maximum Gasteiger partial charge on any atom is 0.305 e. The van der Waals surface area contributed by atoms with Crippen LogP contribution >= 0.6 is 11.8 Å². The molecule has 1 aliphatic rings. The SMILES string of the molecule is COc1ccc(SC2CCN(c3ncc([N+](=O)[O-])cn3)CC2)cc1. The molecule has 0 bridgehead atoms. The molecular formula is C16H18N4O3S. The molecule has 0 aliphatic carbocycles. The number of benzene rings is 1. The summed E-state index contributed by atoms with van der Waals surface area (Å²) in [6.45, 7) is 1.71. The number of nitro groups is 1. The Balaban J connectivity index is 1.54. The van der Waals surface area contributed by atoms with E-state index in [0.717, 1.165) is 31.7 Å². The highest BCUT2D eigenvalue weighted by atomic mass is 32.2. The Labute approximate surface area is 144 Å². The molecule has 2 heterocycles. The van der Waals surface area contributed by atoms with E-state index in [-0.39, 0.29) is 5.69 Å². The monoisotopic (exact) mass is 346 g/mol. The van der Waals surface area contributed by atoms with Crippen molar-refractivity contribution in [3.8, 4) is 5.75 Å². The molecule has 7 nitrogen and oxygen atoms in total. The molecule has 1 aromatic heterocycles.